The smallest absolute Gasteiger partial charge is 0.432 e. The van der Waals surface area contributed by atoms with Crippen molar-refractivity contribution in [1.29, 1.82) is 5.41 Å². The minimum atomic E-state index is -4.72. The van der Waals surface area contributed by atoms with Crippen LogP contribution >= 0.6 is 0 Å². The van der Waals surface area contributed by atoms with Crippen LogP contribution in [-0.4, -0.2) is 21.9 Å². The van der Waals surface area contributed by atoms with Crippen LogP contribution in [0, 0.1) is 23.1 Å². The predicted octanol–water partition coefficient (Wildman–Crippen LogP) is 7.39. The number of rotatable bonds is 5. The zero-order valence-electron chi connectivity index (χ0n) is 18.2. The third-order valence-electron chi connectivity index (χ3n) is 4.62. The van der Waals surface area contributed by atoms with Crippen LogP contribution in [0.1, 0.15) is 37.4 Å². The number of benzene rings is 1. The Morgan fingerprint density at radius 3 is 2.38 bits per heavy atom. The molecule has 3 aromatic rings. The number of aromatic nitrogens is 2. The second-order valence-corrected chi connectivity index (χ2v) is 7.01. The SMILES string of the molecule is CCC(C)c1ccc(-c2[c-]cc(F)cc2F)nc1.N=C(/C=C(\[NH-])c1ccccn1)C(F)(F)F.[Ir]. The second kappa shape index (κ2) is 13.1. The molecule has 10 heteroatoms. The maximum absolute atomic E-state index is 13.6. The van der Waals surface area contributed by atoms with Crippen molar-refractivity contribution in [3.05, 3.63) is 95.6 Å². The van der Waals surface area contributed by atoms with Gasteiger partial charge in [0.2, 0.25) is 0 Å². The molecular formula is C24H21F5IrN4-2. The molecule has 0 aliphatic rings. The van der Waals surface area contributed by atoms with E-state index < -0.39 is 29.2 Å². The largest absolute Gasteiger partial charge is 0.697 e. The minimum Gasteiger partial charge on any atom is -0.697 e. The van der Waals surface area contributed by atoms with Gasteiger partial charge in [0.1, 0.15) is 5.71 Å². The Kier molecular flexibility index (Phi) is 11.2. The van der Waals surface area contributed by atoms with E-state index in [1.165, 1.54) is 12.3 Å². The van der Waals surface area contributed by atoms with E-state index in [4.69, 9.17) is 11.1 Å². The molecule has 0 aliphatic carbocycles. The van der Waals surface area contributed by atoms with Crippen LogP contribution in [0.4, 0.5) is 22.0 Å². The van der Waals surface area contributed by atoms with Gasteiger partial charge in [-0.1, -0.05) is 43.7 Å². The van der Waals surface area contributed by atoms with Crippen LogP contribution in [-0.2, 0) is 20.1 Å². The maximum atomic E-state index is 13.6. The zero-order valence-corrected chi connectivity index (χ0v) is 20.6. The van der Waals surface area contributed by atoms with Gasteiger partial charge in [0.05, 0.1) is 0 Å². The molecule has 1 radical (unpaired) electrons. The van der Waals surface area contributed by atoms with Gasteiger partial charge in [-0.05, 0) is 41.8 Å². The molecular weight excluding hydrogens is 631 g/mol. The fraction of sp³-hybridized carbons (Fsp3) is 0.208. The van der Waals surface area contributed by atoms with Crippen molar-refractivity contribution >= 4 is 11.4 Å². The molecule has 34 heavy (non-hydrogen) atoms. The number of hydrogen-bond donors (Lipinski definition) is 1. The van der Waals surface area contributed by atoms with Gasteiger partial charge in [0.25, 0.3) is 0 Å². The maximum Gasteiger partial charge on any atom is 0.432 e. The number of pyridine rings is 2. The first-order valence-corrected chi connectivity index (χ1v) is 9.86. The molecule has 0 saturated carbocycles. The van der Waals surface area contributed by atoms with Gasteiger partial charge >= 0.3 is 6.18 Å². The van der Waals surface area contributed by atoms with Gasteiger partial charge in [0, 0.05) is 49.8 Å². The van der Waals surface area contributed by atoms with Crippen molar-refractivity contribution in [2.45, 2.75) is 32.4 Å². The number of alkyl halides is 3. The van der Waals surface area contributed by atoms with Crippen molar-refractivity contribution in [2.75, 3.05) is 0 Å². The molecule has 4 nitrogen and oxygen atoms in total. The molecule has 0 amide bonds. The summed E-state index contributed by atoms with van der Waals surface area (Å²) in [6.45, 7) is 4.22. The van der Waals surface area contributed by atoms with Crippen LogP contribution in [0.2, 0.25) is 0 Å². The monoisotopic (exact) mass is 653 g/mol. The van der Waals surface area contributed by atoms with Gasteiger partial charge in [-0.3, -0.25) is 19.2 Å². The van der Waals surface area contributed by atoms with Crippen molar-refractivity contribution in [3.8, 4) is 11.3 Å². The molecule has 1 atom stereocenters. The van der Waals surface area contributed by atoms with Crippen molar-refractivity contribution < 1.29 is 42.1 Å². The molecule has 183 valence electrons. The van der Waals surface area contributed by atoms with Crippen molar-refractivity contribution in [1.82, 2.24) is 9.97 Å². The molecule has 0 fully saturated rings. The van der Waals surface area contributed by atoms with E-state index >= 15 is 0 Å². The van der Waals surface area contributed by atoms with E-state index in [0.717, 1.165) is 24.1 Å². The average Bonchev–Trinajstić information content (AvgIpc) is 2.79. The molecule has 2 aromatic heterocycles. The van der Waals surface area contributed by atoms with E-state index in [9.17, 15) is 22.0 Å². The fourth-order valence-corrected chi connectivity index (χ4v) is 2.54. The molecule has 0 saturated heterocycles. The third-order valence-corrected chi connectivity index (χ3v) is 4.62. The number of nitrogens with zero attached hydrogens (tertiary/aromatic N) is 2. The Hall–Kier alpha value is -2.97. The predicted molar refractivity (Wildman–Crippen MR) is 117 cm³/mol. The summed E-state index contributed by atoms with van der Waals surface area (Å²) in [5.74, 6) is -0.847. The van der Waals surface area contributed by atoms with Gasteiger partial charge in [-0.15, -0.1) is 17.8 Å². The number of allylic oxidation sites excluding steroid dienone is 1. The standard InChI is InChI=1S/C15H14F2N.C9H7F3N3.Ir/c1-3-10(2)11-4-7-15(18-9-11)13-6-5-12(16)8-14(13)17;10-9(11,12)8(14)5-6(13)7-3-1-2-4-15-7;/h4-5,7-10H,3H2,1-2H3;1-5,13-14H;/q2*-1;/b;6-5-,14-8?;. The Morgan fingerprint density at radius 1 is 1.18 bits per heavy atom. The van der Waals surface area contributed by atoms with Gasteiger partial charge < -0.3 is 10.7 Å². The van der Waals surface area contributed by atoms with Crippen LogP contribution in [0.15, 0.2) is 60.9 Å². The molecule has 1 aromatic carbocycles. The number of hydrogen-bond acceptors (Lipinski definition) is 3. The Balaban J connectivity index is 0.000000336. The van der Waals surface area contributed by atoms with E-state index in [0.29, 0.717) is 17.7 Å². The Labute approximate surface area is 208 Å². The van der Waals surface area contributed by atoms with Crippen LogP contribution in [0.5, 0.6) is 0 Å². The molecule has 2 N–H and O–H groups in total. The van der Waals surface area contributed by atoms with Crippen molar-refractivity contribution in [2.24, 2.45) is 0 Å². The quantitative estimate of drug-likeness (QED) is 0.177. The summed E-state index contributed by atoms with van der Waals surface area (Å²) in [6.07, 6.45) is -0.156. The normalized spacial score (nSPS) is 12.1. The Morgan fingerprint density at radius 2 is 1.88 bits per heavy atom. The first kappa shape index (κ1) is 29.1. The number of halogens is 5. The summed E-state index contributed by atoms with van der Waals surface area (Å²) in [4.78, 5) is 7.91. The van der Waals surface area contributed by atoms with Gasteiger partial charge in [-0.2, -0.15) is 13.2 Å². The first-order valence-electron chi connectivity index (χ1n) is 9.86. The van der Waals surface area contributed by atoms with Crippen LogP contribution in [0.25, 0.3) is 22.7 Å². The summed E-state index contributed by atoms with van der Waals surface area (Å²) in [5, 5.41) is 6.67. The van der Waals surface area contributed by atoms with Crippen LogP contribution in [0.3, 0.4) is 0 Å². The molecule has 0 aliphatic heterocycles. The second-order valence-electron chi connectivity index (χ2n) is 7.01. The topological polar surface area (TPSA) is 73.4 Å². The van der Waals surface area contributed by atoms with Crippen LogP contribution < -0.4 is 0 Å². The third kappa shape index (κ3) is 8.42. The van der Waals surface area contributed by atoms with Crippen molar-refractivity contribution in [3.63, 3.8) is 0 Å². The van der Waals surface area contributed by atoms with Gasteiger partial charge in [0.15, 0.2) is 0 Å². The van der Waals surface area contributed by atoms with E-state index in [-0.39, 0.29) is 31.4 Å². The molecule has 2 heterocycles. The zero-order chi connectivity index (χ0) is 24.6. The fourth-order valence-electron chi connectivity index (χ4n) is 2.54. The summed E-state index contributed by atoms with van der Waals surface area (Å²) < 4.78 is 62.2. The number of nitrogens with one attached hydrogen (secondary N) is 2. The molecule has 0 bridgehead atoms. The summed E-state index contributed by atoms with van der Waals surface area (Å²) in [7, 11) is 0. The summed E-state index contributed by atoms with van der Waals surface area (Å²) in [6, 6.07) is 12.7. The van der Waals surface area contributed by atoms with Gasteiger partial charge in [-0.25, -0.2) is 0 Å². The summed E-state index contributed by atoms with van der Waals surface area (Å²) in [5.41, 5.74) is 7.18. The van der Waals surface area contributed by atoms with E-state index in [1.54, 1.807) is 24.4 Å². The molecule has 3 rings (SSSR count). The first-order chi connectivity index (χ1) is 15.5. The average molecular weight is 653 g/mol. The van der Waals surface area contributed by atoms with E-state index in [1.807, 2.05) is 6.07 Å². The minimum absolute atomic E-state index is 0. The van der Waals surface area contributed by atoms with E-state index in [2.05, 4.69) is 29.9 Å². The Bertz CT molecular complexity index is 1100. The molecule has 0 spiro atoms. The molecule has 1 unspecified atom stereocenters. The summed E-state index contributed by atoms with van der Waals surface area (Å²) >= 11 is 0.